The molecule has 1 unspecified atom stereocenters. The molecule has 29 heavy (non-hydrogen) atoms. The number of hydrogen-bond acceptors (Lipinski definition) is 5. The van der Waals surface area contributed by atoms with Crippen LogP contribution in [0.25, 0.3) is 0 Å². The van der Waals surface area contributed by atoms with Gasteiger partial charge in [-0.2, -0.15) is 0 Å². The molecular weight excluding hydrogens is 390 g/mol. The smallest absolute Gasteiger partial charge is 0.339 e. The molecule has 0 radical (unpaired) electrons. The lowest BCUT2D eigenvalue weighted by Gasteiger charge is -2.15. The third kappa shape index (κ3) is 5.10. The number of hydrogen-bond donors (Lipinski definition) is 1. The van der Waals surface area contributed by atoms with Crippen LogP contribution in [-0.2, 0) is 21.2 Å². The molecule has 2 aromatic rings. The Morgan fingerprint density at radius 3 is 2.38 bits per heavy atom. The maximum absolute atomic E-state index is 12.6. The van der Waals surface area contributed by atoms with E-state index in [9.17, 15) is 18.0 Å². The van der Waals surface area contributed by atoms with Crippen LogP contribution in [0.5, 0.6) is 0 Å². The van der Waals surface area contributed by atoms with Crippen LogP contribution in [0.15, 0.2) is 47.4 Å². The minimum absolute atomic E-state index is 0.0103. The van der Waals surface area contributed by atoms with Gasteiger partial charge in [0.2, 0.25) is 15.8 Å². The van der Waals surface area contributed by atoms with Gasteiger partial charge in [0.05, 0.1) is 10.5 Å². The molecule has 1 N–H and O–H groups in total. The quantitative estimate of drug-likeness (QED) is 0.527. The Morgan fingerprint density at radius 2 is 1.79 bits per heavy atom. The van der Waals surface area contributed by atoms with Gasteiger partial charge in [0, 0.05) is 11.6 Å². The largest absolute Gasteiger partial charge is 0.451 e. The fraction of sp³-hybridized carbons (Fsp3) is 0.364. The van der Waals surface area contributed by atoms with Crippen molar-refractivity contribution in [2.75, 3.05) is 0 Å². The molecule has 7 heteroatoms. The summed E-state index contributed by atoms with van der Waals surface area (Å²) in [5, 5.41) is 0. The second-order valence-corrected chi connectivity index (χ2v) is 9.05. The number of rotatable bonds is 8. The Kier molecular flexibility index (Phi) is 6.19. The number of ketones is 1. The number of carbonyl (C=O) groups excluding carboxylic acids is 2. The summed E-state index contributed by atoms with van der Waals surface area (Å²) in [6.45, 7) is 5.23. The highest BCUT2D eigenvalue weighted by atomic mass is 32.2. The van der Waals surface area contributed by atoms with Gasteiger partial charge in [0.25, 0.3) is 0 Å². The molecule has 0 amide bonds. The highest BCUT2D eigenvalue weighted by Gasteiger charge is 2.29. The third-order valence-electron chi connectivity index (χ3n) is 4.94. The number of esters is 1. The summed E-state index contributed by atoms with van der Waals surface area (Å²) in [4.78, 5) is 25.2. The molecule has 0 heterocycles. The van der Waals surface area contributed by atoms with E-state index >= 15 is 0 Å². The van der Waals surface area contributed by atoms with Gasteiger partial charge >= 0.3 is 5.97 Å². The number of aryl methyl sites for hydroxylation is 2. The first-order chi connectivity index (χ1) is 13.7. The zero-order valence-corrected chi connectivity index (χ0v) is 17.6. The van der Waals surface area contributed by atoms with E-state index in [1.54, 1.807) is 25.1 Å². The van der Waals surface area contributed by atoms with Crippen molar-refractivity contribution >= 4 is 21.8 Å². The predicted octanol–water partition coefficient (Wildman–Crippen LogP) is 3.43. The second-order valence-electron chi connectivity index (χ2n) is 7.33. The van der Waals surface area contributed by atoms with Gasteiger partial charge in [0.15, 0.2) is 6.10 Å². The van der Waals surface area contributed by atoms with Crippen LogP contribution in [0, 0.1) is 6.92 Å². The SMILES string of the molecule is CCc1ccc(C(=O)C(C)OC(=O)c2cc(S(=O)(=O)NC3CC3)ccc2C)cc1. The molecule has 0 aromatic heterocycles. The van der Waals surface area contributed by atoms with E-state index in [1.165, 1.54) is 19.1 Å². The molecule has 6 nitrogen and oxygen atoms in total. The summed E-state index contributed by atoms with van der Waals surface area (Å²) >= 11 is 0. The summed E-state index contributed by atoms with van der Waals surface area (Å²) in [5.41, 5.74) is 2.28. The normalized spacial score (nSPS) is 15.0. The van der Waals surface area contributed by atoms with Crippen LogP contribution in [0.2, 0.25) is 0 Å². The Balaban J connectivity index is 1.75. The fourth-order valence-electron chi connectivity index (χ4n) is 2.89. The first-order valence-electron chi connectivity index (χ1n) is 9.68. The summed E-state index contributed by atoms with van der Waals surface area (Å²) in [6, 6.07) is 11.5. The monoisotopic (exact) mass is 415 g/mol. The molecule has 1 aliphatic carbocycles. The van der Waals surface area contributed by atoms with E-state index in [1.807, 2.05) is 19.1 Å². The van der Waals surface area contributed by atoms with E-state index in [2.05, 4.69) is 4.72 Å². The lowest BCUT2D eigenvalue weighted by molar-refractivity contribution is 0.0318. The van der Waals surface area contributed by atoms with Gasteiger partial charge in [-0.3, -0.25) is 4.79 Å². The minimum Gasteiger partial charge on any atom is -0.451 e. The van der Waals surface area contributed by atoms with Crippen molar-refractivity contribution in [2.24, 2.45) is 0 Å². The lowest BCUT2D eigenvalue weighted by atomic mass is 10.0. The van der Waals surface area contributed by atoms with Crippen LogP contribution in [-0.4, -0.2) is 32.3 Å². The second kappa shape index (κ2) is 8.47. The number of ether oxygens (including phenoxy) is 1. The van der Waals surface area contributed by atoms with Gasteiger partial charge in [-0.05, 0) is 56.4 Å². The molecule has 2 aromatic carbocycles. The summed E-state index contributed by atoms with van der Waals surface area (Å²) in [7, 11) is -3.69. The first-order valence-corrected chi connectivity index (χ1v) is 11.2. The van der Waals surface area contributed by atoms with Crippen LogP contribution in [0.1, 0.15) is 58.5 Å². The highest BCUT2D eigenvalue weighted by molar-refractivity contribution is 7.89. The summed E-state index contributed by atoms with van der Waals surface area (Å²) in [6.07, 6.45) is 1.52. The van der Waals surface area contributed by atoms with E-state index in [0.717, 1.165) is 24.8 Å². The maximum atomic E-state index is 12.6. The molecule has 1 aliphatic rings. The average Bonchev–Trinajstić information content (AvgIpc) is 3.50. The highest BCUT2D eigenvalue weighted by Crippen LogP contribution is 2.24. The Labute approximate surface area is 171 Å². The van der Waals surface area contributed by atoms with Crippen LogP contribution < -0.4 is 4.72 Å². The van der Waals surface area contributed by atoms with Crippen LogP contribution >= 0.6 is 0 Å². The Hall–Kier alpha value is -2.51. The zero-order chi connectivity index (χ0) is 21.2. The molecule has 1 saturated carbocycles. The maximum Gasteiger partial charge on any atom is 0.339 e. The molecule has 1 fully saturated rings. The number of benzene rings is 2. The van der Waals surface area contributed by atoms with E-state index in [-0.39, 0.29) is 22.3 Å². The molecule has 154 valence electrons. The van der Waals surface area contributed by atoms with Crippen molar-refractivity contribution in [1.29, 1.82) is 0 Å². The first kappa shape index (κ1) is 21.2. The Morgan fingerprint density at radius 1 is 1.14 bits per heavy atom. The molecule has 0 spiro atoms. The van der Waals surface area contributed by atoms with Crippen molar-refractivity contribution in [3.8, 4) is 0 Å². The molecule has 0 aliphatic heterocycles. The number of carbonyl (C=O) groups is 2. The van der Waals surface area contributed by atoms with Crippen molar-refractivity contribution in [2.45, 2.75) is 57.1 Å². The van der Waals surface area contributed by atoms with Crippen molar-refractivity contribution in [3.05, 3.63) is 64.7 Å². The third-order valence-corrected chi connectivity index (χ3v) is 6.46. The standard InChI is InChI=1S/C22H25NO5S/c1-4-16-6-8-17(9-7-16)21(24)15(3)28-22(25)20-13-19(12-5-14(20)2)29(26,27)23-18-10-11-18/h5-9,12-13,15,18,23H,4,10-11H2,1-3H3. The van der Waals surface area contributed by atoms with Crippen LogP contribution in [0.3, 0.4) is 0 Å². The van der Waals surface area contributed by atoms with Gasteiger partial charge in [-0.1, -0.05) is 37.3 Å². The summed E-state index contributed by atoms with van der Waals surface area (Å²) in [5.74, 6) is -1.03. The molecule has 3 rings (SSSR count). The predicted molar refractivity (Wildman–Crippen MR) is 110 cm³/mol. The van der Waals surface area contributed by atoms with Gasteiger partial charge in [-0.25, -0.2) is 17.9 Å². The van der Waals surface area contributed by atoms with Gasteiger partial charge < -0.3 is 4.74 Å². The number of nitrogens with one attached hydrogen (secondary N) is 1. The van der Waals surface area contributed by atoms with Gasteiger partial charge in [-0.15, -0.1) is 0 Å². The van der Waals surface area contributed by atoms with E-state index in [4.69, 9.17) is 4.74 Å². The number of sulfonamides is 1. The lowest BCUT2D eigenvalue weighted by Crippen LogP contribution is -2.27. The molecule has 0 saturated heterocycles. The van der Waals surface area contributed by atoms with Crippen molar-refractivity contribution in [1.82, 2.24) is 4.72 Å². The minimum atomic E-state index is -3.69. The average molecular weight is 416 g/mol. The topological polar surface area (TPSA) is 89.5 Å². The van der Waals surface area contributed by atoms with Crippen molar-refractivity contribution in [3.63, 3.8) is 0 Å². The Bertz CT molecular complexity index is 1020. The fourth-order valence-corrected chi connectivity index (χ4v) is 4.22. The molecule has 0 bridgehead atoms. The van der Waals surface area contributed by atoms with Gasteiger partial charge in [0.1, 0.15) is 0 Å². The zero-order valence-electron chi connectivity index (χ0n) is 16.8. The molecule has 1 atom stereocenters. The number of Topliss-reactive ketones (excluding diaryl/α,β-unsaturated/α-hetero) is 1. The van der Waals surface area contributed by atoms with E-state index in [0.29, 0.717) is 11.1 Å². The molecular formula is C22H25NO5S. The van der Waals surface area contributed by atoms with E-state index < -0.39 is 22.1 Å². The summed E-state index contributed by atoms with van der Waals surface area (Å²) < 4.78 is 32.8. The van der Waals surface area contributed by atoms with Crippen LogP contribution in [0.4, 0.5) is 0 Å². The van der Waals surface area contributed by atoms with Crippen molar-refractivity contribution < 1.29 is 22.7 Å².